The SMILES string of the molecule is CCC(C)C(NC(=O)C(N)CCC(N)=O)C(=O)NC(CS)C(=O)NC(C(=O)O)C(C)O. The minimum atomic E-state index is -1.57. The number of hydrogen-bond donors (Lipinski definition) is 8. The molecule has 0 bridgehead atoms. The fourth-order valence-corrected chi connectivity index (χ4v) is 2.75. The van der Waals surface area contributed by atoms with Crippen LogP contribution in [0.2, 0.25) is 0 Å². The van der Waals surface area contributed by atoms with Crippen molar-refractivity contribution in [3.63, 3.8) is 0 Å². The van der Waals surface area contributed by atoms with Crippen LogP contribution in [-0.2, 0) is 24.0 Å². The van der Waals surface area contributed by atoms with E-state index in [1.807, 2.05) is 0 Å². The molecule has 0 fully saturated rings. The molecule has 0 rings (SSSR count). The van der Waals surface area contributed by atoms with E-state index in [9.17, 15) is 29.1 Å². The smallest absolute Gasteiger partial charge is 0.328 e. The number of amides is 4. The second-order valence-corrected chi connectivity index (χ2v) is 7.66. The summed E-state index contributed by atoms with van der Waals surface area (Å²) in [5, 5.41) is 25.7. The molecule has 13 heteroatoms. The standard InChI is InChI=1S/C18H33N5O7S/c1-4-8(2)13(22-15(26)10(19)5-6-12(20)25)17(28)21-11(7-31)16(27)23-14(9(3)24)18(29)30/h8-11,13-14,24,31H,4-7,19H2,1-3H3,(H2,20,25)(H,21,28)(H,22,26)(H,23,27)(H,29,30). The molecule has 0 aliphatic heterocycles. The number of aliphatic hydroxyl groups is 1. The molecule has 0 saturated carbocycles. The molecule has 6 unspecified atom stereocenters. The Morgan fingerprint density at radius 1 is 0.968 bits per heavy atom. The molecule has 0 heterocycles. The second-order valence-electron chi connectivity index (χ2n) is 7.29. The number of thiol groups is 1. The molecular formula is C18H33N5O7S. The molecule has 0 aliphatic carbocycles. The van der Waals surface area contributed by atoms with Crippen molar-refractivity contribution in [2.24, 2.45) is 17.4 Å². The van der Waals surface area contributed by atoms with Crippen LogP contribution in [0.1, 0.15) is 40.0 Å². The summed E-state index contributed by atoms with van der Waals surface area (Å²) in [5.41, 5.74) is 10.8. The lowest BCUT2D eigenvalue weighted by atomic mass is 9.97. The van der Waals surface area contributed by atoms with E-state index in [-0.39, 0.29) is 24.5 Å². The van der Waals surface area contributed by atoms with Crippen molar-refractivity contribution < 1.29 is 34.2 Å². The second kappa shape index (κ2) is 13.8. The minimum absolute atomic E-state index is 0.00754. The van der Waals surface area contributed by atoms with Crippen molar-refractivity contribution >= 4 is 42.2 Å². The van der Waals surface area contributed by atoms with Gasteiger partial charge in [-0.15, -0.1) is 0 Å². The molecule has 4 amide bonds. The van der Waals surface area contributed by atoms with Gasteiger partial charge in [-0.2, -0.15) is 12.6 Å². The number of hydrogen-bond acceptors (Lipinski definition) is 8. The third-order valence-corrected chi connectivity index (χ3v) is 5.06. The number of aliphatic carboxylic acids is 1. The zero-order valence-electron chi connectivity index (χ0n) is 17.8. The van der Waals surface area contributed by atoms with Gasteiger partial charge in [0, 0.05) is 12.2 Å². The first kappa shape index (κ1) is 28.6. The van der Waals surface area contributed by atoms with Gasteiger partial charge in [-0.1, -0.05) is 20.3 Å². The predicted octanol–water partition coefficient (Wildman–Crippen LogP) is -2.53. The van der Waals surface area contributed by atoms with E-state index in [1.54, 1.807) is 13.8 Å². The fourth-order valence-electron chi connectivity index (χ4n) is 2.49. The van der Waals surface area contributed by atoms with Gasteiger partial charge in [0.2, 0.25) is 23.6 Å². The lowest BCUT2D eigenvalue weighted by Gasteiger charge is -2.27. The van der Waals surface area contributed by atoms with Crippen molar-refractivity contribution in [2.45, 2.75) is 70.3 Å². The highest BCUT2D eigenvalue weighted by Gasteiger charge is 2.33. The Morgan fingerprint density at radius 3 is 1.94 bits per heavy atom. The first-order chi connectivity index (χ1) is 14.3. The Kier molecular flexibility index (Phi) is 12.8. The molecular weight excluding hydrogens is 430 g/mol. The molecule has 0 aromatic carbocycles. The van der Waals surface area contributed by atoms with E-state index < -0.39 is 59.9 Å². The molecule has 12 nitrogen and oxygen atoms in total. The number of carboxylic acid groups (broad SMARTS) is 1. The number of nitrogens with one attached hydrogen (secondary N) is 3. The van der Waals surface area contributed by atoms with Gasteiger partial charge in [-0.05, 0) is 19.3 Å². The number of aliphatic hydroxyl groups excluding tert-OH is 1. The van der Waals surface area contributed by atoms with Gasteiger partial charge in [0.05, 0.1) is 12.1 Å². The Morgan fingerprint density at radius 2 is 1.52 bits per heavy atom. The molecule has 9 N–H and O–H groups in total. The van der Waals surface area contributed by atoms with Crippen LogP contribution in [-0.4, -0.2) is 75.8 Å². The van der Waals surface area contributed by atoms with Crippen LogP contribution in [0.25, 0.3) is 0 Å². The molecule has 178 valence electrons. The maximum absolute atomic E-state index is 12.8. The van der Waals surface area contributed by atoms with Gasteiger partial charge in [-0.25, -0.2) is 4.79 Å². The zero-order chi connectivity index (χ0) is 24.3. The summed E-state index contributed by atoms with van der Waals surface area (Å²) in [6.45, 7) is 4.71. The normalized spacial score (nSPS) is 16.7. The molecule has 0 spiro atoms. The van der Waals surface area contributed by atoms with E-state index in [0.29, 0.717) is 6.42 Å². The highest BCUT2D eigenvalue weighted by Crippen LogP contribution is 2.10. The molecule has 0 radical (unpaired) electrons. The minimum Gasteiger partial charge on any atom is -0.480 e. The van der Waals surface area contributed by atoms with Crippen LogP contribution in [0, 0.1) is 5.92 Å². The summed E-state index contributed by atoms with van der Waals surface area (Å²) in [6, 6.07) is -4.89. The van der Waals surface area contributed by atoms with Crippen molar-refractivity contribution in [2.75, 3.05) is 5.75 Å². The van der Waals surface area contributed by atoms with Gasteiger partial charge in [0.15, 0.2) is 6.04 Å². The Labute approximate surface area is 186 Å². The Balaban J connectivity index is 5.27. The largest absolute Gasteiger partial charge is 0.480 e. The van der Waals surface area contributed by atoms with Crippen LogP contribution < -0.4 is 27.4 Å². The molecule has 31 heavy (non-hydrogen) atoms. The monoisotopic (exact) mass is 463 g/mol. The molecule has 6 atom stereocenters. The van der Waals surface area contributed by atoms with Gasteiger partial charge in [0.1, 0.15) is 12.1 Å². The highest BCUT2D eigenvalue weighted by molar-refractivity contribution is 7.80. The number of carboxylic acids is 1. The third kappa shape index (κ3) is 9.98. The molecule has 0 aliphatic rings. The van der Waals surface area contributed by atoms with E-state index in [4.69, 9.17) is 16.6 Å². The topological polar surface area (TPSA) is 214 Å². The summed E-state index contributed by atoms with van der Waals surface area (Å²) >= 11 is 4.01. The third-order valence-electron chi connectivity index (χ3n) is 4.69. The lowest BCUT2D eigenvalue weighted by molar-refractivity contribution is -0.145. The van der Waals surface area contributed by atoms with Gasteiger partial charge in [-0.3, -0.25) is 19.2 Å². The van der Waals surface area contributed by atoms with Crippen LogP contribution in [0.3, 0.4) is 0 Å². The number of nitrogens with two attached hydrogens (primary N) is 2. The summed E-state index contributed by atoms with van der Waals surface area (Å²) in [7, 11) is 0. The van der Waals surface area contributed by atoms with Crippen LogP contribution in [0.15, 0.2) is 0 Å². The molecule has 0 saturated heterocycles. The Hall–Kier alpha value is -2.38. The molecule has 0 aromatic heterocycles. The first-order valence-electron chi connectivity index (χ1n) is 9.82. The lowest BCUT2D eigenvalue weighted by Crippen LogP contribution is -2.60. The first-order valence-corrected chi connectivity index (χ1v) is 10.5. The van der Waals surface area contributed by atoms with E-state index in [0.717, 1.165) is 0 Å². The highest BCUT2D eigenvalue weighted by atomic mass is 32.1. The summed E-state index contributed by atoms with van der Waals surface area (Å²) in [4.78, 5) is 59.5. The summed E-state index contributed by atoms with van der Waals surface area (Å²) in [5.74, 6) is -4.76. The average molecular weight is 464 g/mol. The average Bonchev–Trinajstić information content (AvgIpc) is 2.70. The number of rotatable bonds is 14. The maximum atomic E-state index is 12.8. The van der Waals surface area contributed by atoms with E-state index >= 15 is 0 Å². The van der Waals surface area contributed by atoms with Crippen molar-refractivity contribution in [1.82, 2.24) is 16.0 Å². The summed E-state index contributed by atoms with van der Waals surface area (Å²) < 4.78 is 0. The number of carbonyl (C=O) groups excluding carboxylic acids is 4. The van der Waals surface area contributed by atoms with E-state index in [1.165, 1.54) is 6.92 Å². The van der Waals surface area contributed by atoms with Crippen LogP contribution >= 0.6 is 12.6 Å². The van der Waals surface area contributed by atoms with Crippen LogP contribution in [0.5, 0.6) is 0 Å². The number of primary amides is 1. The van der Waals surface area contributed by atoms with Crippen molar-refractivity contribution in [3.8, 4) is 0 Å². The van der Waals surface area contributed by atoms with Crippen molar-refractivity contribution in [3.05, 3.63) is 0 Å². The van der Waals surface area contributed by atoms with Gasteiger partial charge < -0.3 is 37.6 Å². The number of carbonyl (C=O) groups is 5. The van der Waals surface area contributed by atoms with Gasteiger partial charge in [0.25, 0.3) is 0 Å². The zero-order valence-corrected chi connectivity index (χ0v) is 18.7. The van der Waals surface area contributed by atoms with Crippen molar-refractivity contribution in [1.29, 1.82) is 0 Å². The maximum Gasteiger partial charge on any atom is 0.328 e. The predicted molar refractivity (Wildman–Crippen MR) is 115 cm³/mol. The quantitative estimate of drug-likeness (QED) is 0.128. The summed E-state index contributed by atoms with van der Waals surface area (Å²) in [6.07, 6.45) is -0.944. The Bertz CT molecular complexity index is 661. The van der Waals surface area contributed by atoms with Gasteiger partial charge >= 0.3 is 5.97 Å². The van der Waals surface area contributed by atoms with Crippen LogP contribution in [0.4, 0.5) is 0 Å². The fraction of sp³-hybridized carbons (Fsp3) is 0.722. The van der Waals surface area contributed by atoms with E-state index in [2.05, 4.69) is 28.6 Å². The molecule has 0 aromatic rings.